The molecule has 2 heterocycles. The molecule has 1 saturated heterocycles. The van der Waals surface area contributed by atoms with Crippen LogP contribution >= 0.6 is 11.9 Å². The highest BCUT2D eigenvalue weighted by atomic mass is 32.2. The van der Waals surface area contributed by atoms with Crippen LogP contribution in [0.25, 0.3) is 0 Å². The van der Waals surface area contributed by atoms with E-state index in [9.17, 15) is 4.79 Å². The van der Waals surface area contributed by atoms with Gasteiger partial charge in [0.05, 0.1) is 5.71 Å². The number of carbonyl (C=O) groups excluding carboxylic acids is 1. The highest BCUT2D eigenvalue weighted by molar-refractivity contribution is 7.97. The summed E-state index contributed by atoms with van der Waals surface area (Å²) in [5, 5.41) is 8.06. The first-order valence-corrected chi connectivity index (χ1v) is 11.3. The summed E-state index contributed by atoms with van der Waals surface area (Å²) in [6.45, 7) is 2.50. The van der Waals surface area contributed by atoms with Crippen LogP contribution < -0.4 is 11.5 Å². The quantitative estimate of drug-likeness (QED) is 0.226. The summed E-state index contributed by atoms with van der Waals surface area (Å²) in [6, 6.07) is 19.0. The predicted octanol–water partition coefficient (Wildman–Crippen LogP) is 4.65. The fourth-order valence-electron chi connectivity index (χ4n) is 3.12. The Morgan fingerprint density at radius 2 is 1.66 bits per heavy atom. The number of nitrogen functional groups attached to an aromatic ring is 1. The number of nitrogens with one attached hydrogen (secondary N) is 1. The van der Waals surface area contributed by atoms with Gasteiger partial charge in [-0.25, -0.2) is 4.31 Å². The van der Waals surface area contributed by atoms with E-state index in [0.717, 1.165) is 11.8 Å². The number of nitrogens with two attached hydrogens (primary N) is 2. The first kappa shape index (κ1) is 25.3. The van der Waals surface area contributed by atoms with Gasteiger partial charge in [0.25, 0.3) is 0 Å². The molecule has 0 spiro atoms. The van der Waals surface area contributed by atoms with E-state index in [1.165, 1.54) is 44.3 Å². The molecule has 1 aliphatic rings. The summed E-state index contributed by atoms with van der Waals surface area (Å²) in [5.74, 6) is 0. The van der Waals surface area contributed by atoms with E-state index < -0.39 is 0 Å². The largest absolute Gasteiger partial charge is 0.398 e. The molecular weight excluding hydrogens is 418 g/mol. The monoisotopic (exact) mass is 449 g/mol. The minimum Gasteiger partial charge on any atom is -0.398 e. The Kier molecular flexibility index (Phi) is 11.2. The van der Waals surface area contributed by atoms with E-state index in [1.54, 1.807) is 42.7 Å². The van der Waals surface area contributed by atoms with Crippen LogP contribution in [0.5, 0.6) is 0 Å². The van der Waals surface area contributed by atoms with Gasteiger partial charge in [-0.2, -0.15) is 0 Å². The van der Waals surface area contributed by atoms with Gasteiger partial charge < -0.3 is 11.5 Å². The van der Waals surface area contributed by atoms with E-state index in [0.29, 0.717) is 16.8 Å². The lowest BCUT2D eigenvalue weighted by Gasteiger charge is -2.24. The zero-order chi connectivity index (χ0) is 23.2. The normalized spacial score (nSPS) is 13.1. The summed E-state index contributed by atoms with van der Waals surface area (Å²) in [7, 11) is 1.50. The second kappa shape index (κ2) is 14.1. The van der Waals surface area contributed by atoms with Gasteiger partial charge in [-0.15, -0.1) is 0 Å². The zero-order valence-electron chi connectivity index (χ0n) is 18.4. The molecule has 1 aromatic heterocycles. The van der Waals surface area contributed by atoms with Crippen molar-refractivity contribution in [3.63, 3.8) is 0 Å². The Balaban J connectivity index is 0.000000217. The van der Waals surface area contributed by atoms with Gasteiger partial charge in [-0.05, 0) is 74.3 Å². The fourth-order valence-corrected chi connectivity index (χ4v) is 4.14. The zero-order valence-corrected chi connectivity index (χ0v) is 19.2. The standard InChI is InChI=1S/C13H11N3O.C11H15NS.CH5N/c14-12-2-1-9(8-17)7-11(12)13(15)10-3-5-16-6-4-10;1-3-7-11(8-4-1)13-12-9-5-2-6-10-12;1-2/h1-8,15H,14H2;1,3-4,7-8H,2,5-6,9-10H2;2H2,1H3. The lowest BCUT2D eigenvalue weighted by atomic mass is 10.00. The third kappa shape index (κ3) is 7.92. The topological polar surface area (TPSA) is 109 Å². The molecule has 0 amide bonds. The first-order chi connectivity index (χ1) is 15.7. The first-order valence-electron chi connectivity index (χ1n) is 10.6. The maximum atomic E-state index is 10.7. The Hall–Kier alpha value is -3.00. The van der Waals surface area contributed by atoms with E-state index in [2.05, 4.69) is 45.4 Å². The van der Waals surface area contributed by atoms with Gasteiger partial charge in [0.15, 0.2) is 0 Å². The molecule has 0 saturated carbocycles. The van der Waals surface area contributed by atoms with Gasteiger partial charge in [0, 0.05) is 52.8 Å². The maximum Gasteiger partial charge on any atom is 0.150 e. The van der Waals surface area contributed by atoms with Gasteiger partial charge in [0.2, 0.25) is 0 Å². The van der Waals surface area contributed by atoms with E-state index in [-0.39, 0.29) is 5.71 Å². The Morgan fingerprint density at radius 3 is 2.28 bits per heavy atom. The summed E-state index contributed by atoms with van der Waals surface area (Å²) < 4.78 is 2.47. The second-order valence-corrected chi connectivity index (χ2v) is 8.14. The van der Waals surface area contributed by atoms with Crippen molar-refractivity contribution in [1.29, 1.82) is 5.41 Å². The minimum absolute atomic E-state index is 0.286. The highest BCUT2D eigenvalue weighted by Crippen LogP contribution is 2.25. The molecule has 1 aliphatic heterocycles. The van der Waals surface area contributed by atoms with E-state index in [1.807, 2.05) is 11.9 Å². The van der Waals surface area contributed by atoms with E-state index >= 15 is 0 Å². The Morgan fingerprint density at radius 1 is 1.00 bits per heavy atom. The van der Waals surface area contributed by atoms with Crippen LogP contribution in [-0.4, -0.2) is 41.4 Å². The molecule has 6 nitrogen and oxygen atoms in total. The van der Waals surface area contributed by atoms with Gasteiger partial charge in [0.1, 0.15) is 6.29 Å². The maximum absolute atomic E-state index is 10.7. The smallest absolute Gasteiger partial charge is 0.150 e. The third-order valence-corrected chi connectivity index (χ3v) is 5.85. The molecular formula is C25H31N5OS. The van der Waals surface area contributed by atoms with Crippen molar-refractivity contribution in [3.8, 4) is 0 Å². The van der Waals surface area contributed by atoms with Crippen LogP contribution in [0.2, 0.25) is 0 Å². The number of nitrogens with zero attached hydrogens (tertiary/aromatic N) is 2. The molecule has 0 bridgehead atoms. The van der Waals surface area contributed by atoms with Crippen LogP contribution in [0.3, 0.4) is 0 Å². The van der Waals surface area contributed by atoms with Crippen LogP contribution in [-0.2, 0) is 0 Å². The number of hydrogen-bond donors (Lipinski definition) is 3. The minimum atomic E-state index is 0.286. The molecule has 0 aliphatic carbocycles. The van der Waals surface area contributed by atoms with Gasteiger partial charge in [-0.3, -0.25) is 15.2 Å². The average molecular weight is 450 g/mol. The van der Waals surface area contributed by atoms with Crippen molar-refractivity contribution in [2.45, 2.75) is 24.2 Å². The number of pyridine rings is 1. The third-order valence-electron chi connectivity index (χ3n) is 4.74. The molecule has 7 heteroatoms. The number of carbonyl (C=O) groups is 1. The van der Waals surface area contributed by atoms with Crippen molar-refractivity contribution in [2.75, 3.05) is 25.9 Å². The van der Waals surface area contributed by atoms with Crippen molar-refractivity contribution < 1.29 is 4.79 Å². The molecule has 0 atom stereocenters. The number of rotatable bonds is 5. The van der Waals surface area contributed by atoms with E-state index in [4.69, 9.17) is 11.1 Å². The van der Waals surface area contributed by atoms with Crippen LogP contribution in [0.15, 0.2) is 78.0 Å². The SMILES string of the molecule is CN.N=C(c1ccncc1)c1cc(C=O)ccc1N.c1ccc(SN2CCCCC2)cc1. The summed E-state index contributed by atoms with van der Waals surface area (Å²) in [5.41, 5.74) is 12.9. The second-order valence-electron chi connectivity index (χ2n) is 6.97. The molecule has 5 N–H and O–H groups in total. The summed E-state index contributed by atoms with van der Waals surface area (Å²) in [6.07, 6.45) is 8.10. The number of anilines is 1. The number of hydrogen-bond acceptors (Lipinski definition) is 7. The Bertz CT molecular complexity index is 961. The molecule has 1 fully saturated rings. The summed E-state index contributed by atoms with van der Waals surface area (Å²) >= 11 is 1.90. The fraction of sp³-hybridized carbons (Fsp3) is 0.240. The predicted molar refractivity (Wildman–Crippen MR) is 134 cm³/mol. The molecule has 2 aromatic carbocycles. The molecule has 168 valence electrons. The van der Waals surface area contributed by atoms with Gasteiger partial charge >= 0.3 is 0 Å². The molecule has 0 radical (unpaired) electrons. The number of benzene rings is 2. The Labute approximate surface area is 194 Å². The van der Waals surface area contributed by atoms with Gasteiger partial charge in [-0.1, -0.05) is 24.6 Å². The lowest BCUT2D eigenvalue weighted by molar-refractivity contribution is 0.112. The number of aromatic nitrogens is 1. The molecule has 0 unspecified atom stereocenters. The van der Waals surface area contributed by atoms with Crippen LogP contribution in [0, 0.1) is 5.41 Å². The molecule has 4 rings (SSSR count). The van der Waals surface area contributed by atoms with Crippen molar-refractivity contribution >= 4 is 29.6 Å². The van der Waals surface area contributed by atoms with Crippen molar-refractivity contribution in [1.82, 2.24) is 9.29 Å². The lowest BCUT2D eigenvalue weighted by Crippen LogP contribution is -2.22. The van der Waals surface area contributed by atoms with Crippen molar-refractivity contribution in [3.05, 3.63) is 89.7 Å². The number of piperidine rings is 1. The number of aldehydes is 1. The average Bonchev–Trinajstić information content (AvgIpc) is 2.87. The summed E-state index contributed by atoms with van der Waals surface area (Å²) in [4.78, 5) is 16.0. The van der Waals surface area contributed by atoms with Crippen molar-refractivity contribution in [2.24, 2.45) is 5.73 Å². The molecule has 3 aromatic rings. The van der Waals surface area contributed by atoms with Crippen LogP contribution in [0.1, 0.15) is 40.7 Å². The highest BCUT2D eigenvalue weighted by Gasteiger charge is 2.11. The molecule has 32 heavy (non-hydrogen) atoms. The van der Waals surface area contributed by atoms with Crippen LogP contribution in [0.4, 0.5) is 5.69 Å².